The summed E-state index contributed by atoms with van der Waals surface area (Å²) in [5.74, 6) is 0.531. The largest absolute Gasteiger partial charge is 0.396 e. The minimum Gasteiger partial charge on any atom is -0.396 e. The van der Waals surface area contributed by atoms with Crippen LogP contribution in [-0.2, 0) is 11.4 Å². The van der Waals surface area contributed by atoms with Crippen molar-refractivity contribution in [3.63, 3.8) is 0 Å². The summed E-state index contributed by atoms with van der Waals surface area (Å²) in [6, 6.07) is 5.25. The third kappa shape index (κ3) is 2.26. The molecule has 102 valence electrons. The van der Waals surface area contributed by atoms with Gasteiger partial charge in [-0.2, -0.15) is 8.73 Å². The summed E-state index contributed by atoms with van der Waals surface area (Å²) in [4.78, 5) is 4.35. The lowest BCUT2D eigenvalue weighted by Crippen LogP contribution is -2.01. The fraction of sp³-hybridized carbons (Fsp3) is 0.0833. The Labute approximate surface area is 129 Å². The van der Waals surface area contributed by atoms with Gasteiger partial charge in [-0.05, 0) is 25.1 Å². The average molecular weight is 326 g/mol. The Balaban J connectivity index is 2.11. The zero-order valence-electron chi connectivity index (χ0n) is 10.3. The highest BCUT2D eigenvalue weighted by atomic mass is 35.5. The second kappa shape index (κ2) is 5.05. The highest BCUT2D eigenvalue weighted by molar-refractivity contribution is 7.58. The van der Waals surface area contributed by atoms with Gasteiger partial charge in [-0.3, -0.25) is 0 Å². The molecule has 1 aromatic heterocycles. The van der Waals surface area contributed by atoms with E-state index in [1.807, 2.05) is 13.0 Å². The van der Waals surface area contributed by atoms with Crippen LogP contribution in [0.4, 0.5) is 28.6 Å². The molecule has 1 aliphatic rings. The van der Waals surface area contributed by atoms with Crippen LogP contribution in [0.3, 0.4) is 0 Å². The lowest BCUT2D eigenvalue weighted by Gasteiger charge is -2.13. The van der Waals surface area contributed by atoms with Crippen LogP contribution in [0, 0.1) is 6.92 Å². The maximum atomic E-state index is 6.23. The Kier molecular flexibility index (Phi) is 3.37. The number of fused-ring (bicyclic) bond motifs is 1. The summed E-state index contributed by atoms with van der Waals surface area (Å²) >= 11 is 13.4. The second-order valence-corrected chi connectivity index (χ2v) is 5.53. The van der Waals surface area contributed by atoms with E-state index in [1.165, 1.54) is 0 Å². The van der Waals surface area contributed by atoms with Crippen molar-refractivity contribution in [2.24, 2.45) is 8.73 Å². The number of rotatable bonds is 2. The molecule has 0 unspecified atom stereocenters. The number of nitrogens with one attached hydrogen (secondary N) is 1. The van der Waals surface area contributed by atoms with Crippen LogP contribution in [0.1, 0.15) is 5.69 Å². The van der Waals surface area contributed by atoms with E-state index in [0.29, 0.717) is 38.6 Å². The zero-order chi connectivity index (χ0) is 14.3. The van der Waals surface area contributed by atoms with Crippen LogP contribution in [0.5, 0.6) is 0 Å². The van der Waals surface area contributed by atoms with Crippen molar-refractivity contribution in [2.45, 2.75) is 6.92 Å². The van der Waals surface area contributed by atoms with Gasteiger partial charge in [0.05, 0.1) is 32.8 Å². The number of benzene rings is 1. The van der Waals surface area contributed by atoms with E-state index in [-0.39, 0.29) is 0 Å². The van der Waals surface area contributed by atoms with E-state index < -0.39 is 0 Å². The number of halogens is 2. The highest BCUT2D eigenvalue weighted by Crippen LogP contribution is 2.48. The number of pyridine rings is 1. The second-order valence-electron chi connectivity index (χ2n) is 4.19. The molecule has 3 rings (SSSR count). The molecule has 20 heavy (non-hydrogen) atoms. The first kappa shape index (κ1) is 13.4. The Hall–Kier alpha value is -1.63. The van der Waals surface area contributed by atoms with Gasteiger partial charge in [0.15, 0.2) is 5.82 Å². The van der Waals surface area contributed by atoms with Crippen molar-refractivity contribution in [3.05, 3.63) is 33.9 Å². The fourth-order valence-corrected chi connectivity index (χ4v) is 2.94. The normalized spacial score (nSPS) is 12.2. The molecule has 8 heteroatoms. The van der Waals surface area contributed by atoms with Gasteiger partial charge in [-0.25, -0.2) is 4.98 Å². The maximum absolute atomic E-state index is 6.23. The Morgan fingerprint density at radius 1 is 1.15 bits per heavy atom. The number of anilines is 3. The molecule has 0 fully saturated rings. The van der Waals surface area contributed by atoms with E-state index in [2.05, 4.69) is 19.0 Å². The Morgan fingerprint density at radius 2 is 1.90 bits per heavy atom. The SMILES string of the molecule is Cc1ccc(N)c(Nc2c(Cl)cc(Cl)c3c2N=S=N3)n1. The summed E-state index contributed by atoms with van der Waals surface area (Å²) in [5.41, 5.74) is 9.10. The Morgan fingerprint density at radius 3 is 2.70 bits per heavy atom. The number of nitrogen functional groups attached to an aromatic ring is 1. The molecule has 0 atom stereocenters. The maximum Gasteiger partial charge on any atom is 0.153 e. The summed E-state index contributed by atoms with van der Waals surface area (Å²) in [7, 11) is 0. The van der Waals surface area contributed by atoms with Crippen LogP contribution < -0.4 is 11.1 Å². The van der Waals surface area contributed by atoms with Crippen molar-refractivity contribution in [3.8, 4) is 0 Å². The van der Waals surface area contributed by atoms with Crippen LogP contribution in [-0.4, -0.2) is 4.98 Å². The number of aryl methyl sites for hydroxylation is 1. The van der Waals surface area contributed by atoms with Crippen LogP contribution >= 0.6 is 23.2 Å². The van der Waals surface area contributed by atoms with Gasteiger partial charge in [0.2, 0.25) is 0 Å². The van der Waals surface area contributed by atoms with Gasteiger partial charge in [0, 0.05) is 5.69 Å². The van der Waals surface area contributed by atoms with E-state index >= 15 is 0 Å². The summed E-state index contributed by atoms with van der Waals surface area (Å²) in [5, 5.41) is 4.02. The minimum absolute atomic E-state index is 0.443. The molecule has 0 aliphatic carbocycles. The minimum atomic E-state index is 0.443. The fourth-order valence-electron chi connectivity index (χ4n) is 1.78. The van der Waals surface area contributed by atoms with Crippen molar-refractivity contribution in [2.75, 3.05) is 11.1 Å². The predicted octanol–water partition coefficient (Wildman–Crippen LogP) is 4.75. The van der Waals surface area contributed by atoms with Crippen LogP contribution in [0.15, 0.2) is 26.9 Å². The lowest BCUT2D eigenvalue weighted by atomic mass is 10.2. The van der Waals surface area contributed by atoms with E-state index in [4.69, 9.17) is 28.9 Å². The van der Waals surface area contributed by atoms with Gasteiger partial charge < -0.3 is 11.1 Å². The number of nitrogens with two attached hydrogens (primary N) is 1. The Bertz CT molecular complexity index is 784. The van der Waals surface area contributed by atoms with Crippen molar-refractivity contribution in [1.29, 1.82) is 0 Å². The van der Waals surface area contributed by atoms with Crippen molar-refractivity contribution in [1.82, 2.24) is 4.98 Å². The summed E-state index contributed by atoms with van der Waals surface area (Å²) < 4.78 is 8.37. The topological polar surface area (TPSA) is 75.7 Å². The first-order chi connectivity index (χ1) is 9.56. The molecule has 3 N–H and O–H groups in total. The van der Waals surface area contributed by atoms with E-state index in [0.717, 1.165) is 17.0 Å². The molecule has 0 radical (unpaired) electrons. The van der Waals surface area contributed by atoms with Gasteiger partial charge >= 0.3 is 0 Å². The molecule has 1 aliphatic heterocycles. The molecule has 0 amide bonds. The molecule has 0 saturated heterocycles. The lowest BCUT2D eigenvalue weighted by molar-refractivity contribution is 1.20. The standard InChI is InChI=1S/C12H9Cl2N5S/c1-5-2-3-8(15)12(16-5)17-9-6(13)4-7(14)10-11(9)19-20-18-10/h2-4H,15H2,1H3,(H,16,17). The molecular formula is C12H9Cl2N5S. The quantitative estimate of drug-likeness (QED) is 0.713. The average Bonchev–Trinajstić information content (AvgIpc) is 2.88. The summed E-state index contributed by atoms with van der Waals surface area (Å²) in [6.07, 6.45) is 0. The smallest absolute Gasteiger partial charge is 0.153 e. The predicted molar refractivity (Wildman–Crippen MR) is 84.7 cm³/mol. The van der Waals surface area contributed by atoms with Crippen molar-refractivity contribution >= 4 is 63.1 Å². The number of hydrogen-bond acceptors (Lipinski definition) is 5. The molecule has 5 nitrogen and oxygen atoms in total. The molecule has 0 spiro atoms. The number of aromatic nitrogens is 1. The molecule has 2 heterocycles. The van der Waals surface area contributed by atoms with Gasteiger partial charge in [-0.15, -0.1) is 0 Å². The van der Waals surface area contributed by atoms with Gasteiger partial charge in [-0.1, -0.05) is 23.2 Å². The monoisotopic (exact) mass is 325 g/mol. The number of hydrogen-bond donors (Lipinski definition) is 2. The molecule has 0 bridgehead atoms. The van der Waals surface area contributed by atoms with E-state index in [9.17, 15) is 0 Å². The first-order valence-corrected chi connectivity index (χ1v) is 7.15. The zero-order valence-corrected chi connectivity index (χ0v) is 12.6. The third-order valence-corrected chi connectivity index (χ3v) is 3.87. The van der Waals surface area contributed by atoms with Gasteiger partial charge in [0.25, 0.3) is 0 Å². The first-order valence-electron chi connectivity index (χ1n) is 5.66. The van der Waals surface area contributed by atoms with E-state index in [1.54, 1.807) is 12.1 Å². The molecule has 1 aromatic carbocycles. The van der Waals surface area contributed by atoms with Crippen LogP contribution in [0.25, 0.3) is 0 Å². The van der Waals surface area contributed by atoms with Crippen molar-refractivity contribution < 1.29 is 0 Å². The molecule has 2 aromatic rings. The highest BCUT2D eigenvalue weighted by Gasteiger charge is 2.19. The molecular weight excluding hydrogens is 317 g/mol. The third-order valence-electron chi connectivity index (χ3n) is 2.75. The van der Waals surface area contributed by atoms with Gasteiger partial charge in [0.1, 0.15) is 11.4 Å². The van der Waals surface area contributed by atoms with Crippen LogP contribution in [0.2, 0.25) is 10.0 Å². The summed E-state index contributed by atoms with van der Waals surface area (Å²) in [6.45, 7) is 1.88. The molecule has 0 saturated carbocycles. The number of nitrogens with zero attached hydrogens (tertiary/aromatic N) is 3.